The highest BCUT2D eigenvalue weighted by molar-refractivity contribution is 5.22. The van der Waals surface area contributed by atoms with E-state index in [0.29, 0.717) is 0 Å². The SMILES string of the molecule is Cc1nc2c(c(=O)[nH]1)CN(C[C@@H]1CCCN3CCCC[C@H]13)C2. The van der Waals surface area contributed by atoms with Crippen LogP contribution in [0.5, 0.6) is 0 Å². The van der Waals surface area contributed by atoms with E-state index in [9.17, 15) is 4.79 Å². The first-order valence-corrected chi connectivity index (χ1v) is 8.76. The Morgan fingerprint density at radius 3 is 2.95 bits per heavy atom. The van der Waals surface area contributed by atoms with E-state index >= 15 is 0 Å². The molecular weight excluding hydrogens is 276 g/mol. The highest BCUT2D eigenvalue weighted by Gasteiger charge is 2.35. The van der Waals surface area contributed by atoms with E-state index in [0.717, 1.165) is 48.7 Å². The van der Waals surface area contributed by atoms with Crippen LogP contribution in [0.1, 0.15) is 49.2 Å². The van der Waals surface area contributed by atoms with E-state index in [1.54, 1.807) is 0 Å². The van der Waals surface area contributed by atoms with Crippen LogP contribution in [0.4, 0.5) is 0 Å². The lowest BCUT2D eigenvalue weighted by molar-refractivity contribution is 0.0396. The van der Waals surface area contributed by atoms with Gasteiger partial charge < -0.3 is 9.88 Å². The second kappa shape index (κ2) is 5.78. The third-order valence-corrected chi connectivity index (χ3v) is 5.70. The van der Waals surface area contributed by atoms with Crippen molar-refractivity contribution < 1.29 is 0 Å². The lowest BCUT2D eigenvalue weighted by Crippen LogP contribution is -2.50. The predicted molar refractivity (Wildman–Crippen MR) is 85.6 cm³/mol. The molecule has 0 amide bonds. The molecule has 1 aromatic heterocycles. The molecule has 3 aliphatic heterocycles. The van der Waals surface area contributed by atoms with Crippen molar-refractivity contribution in [2.75, 3.05) is 19.6 Å². The van der Waals surface area contributed by atoms with Crippen molar-refractivity contribution in [2.24, 2.45) is 5.92 Å². The zero-order valence-electron chi connectivity index (χ0n) is 13.5. The van der Waals surface area contributed by atoms with Crippen molar-refractivity contribution in [3.05, 3.63) is 27.4 Å². The van der Waals surface area contributed by atoms with Gasteiger partial charge in [0.1, 0.15) is 5.82 Å². The summed E-state index contributed by atoms with van der Waals surface area (Å²) in [5.74, 6) is 1.50. The summed E-state index contributed by atoms with van der Waals surface area (Å²) in [6, 6.07) is 0.777. The van der Waals surface area contributed by atoms with E-state index in [1.165, 1.54) is 45.2 Å². The lowest BCUT2D eigenvalue weighted by Gasteiger charge is -2.45. The number of hydrogen-bond acceptors (Lipinski definition) is 4. The minimum atomic E-state index is 0.0629. The van der Waals surface area contributed by atoms with Crippen LogP contribution >= 0.6 is 0 Å². The second-order valence-electron chi connectivity index (χ2n) is 7.25. The summed E-state index contributed by atoms with van der Waals surface area (Å²) in [4.78, 5) is 24.6. The number of aromatic nitrogens is 2. The van der Waals surface area contributed by atoms with Crippen LogP contribution in [0.25, 0.3) is 0 Å². The van der Waals surface area contributed by atoms with Gasteiger partial charge in [-0.25, -0.2) is 4.98 Å². The van der Waals surface area contributed by atoms with Gasteiger partial charge in [0.15, 0.2) is 0 Å². The molecule has 0 radical (unpaired) electrons. The number of aryl methyl sites for hydroxylation is 1. The van der Waals surface area contributed by atoms with Crippen molar-refractivity contribution in [3.63, 3.8) is 0 Å². The van der Waals surface area contributed by atoms with Crippen molar-refractivity contribution in [1.29, 1.82) is 0 Å². The van der Waals surface area contributed by atoms with Gasteiger partial charge in [-0.1, -0.05) is 6.42 Å². The Labute approximate surface area is 131 Å². The van der Waals surface area contributed by atoms with E-state index in [-0.39, 0.29) is 5.56 Å². The first-order chi connectivity index (χ1) is 10.7. The Balaban J connectivity index is 1.46. The molecule has 4 rings (SSSR count). The first-order valence-electron chi connectivity index (χ1n) is 8.76. The van der Waals surface area contributed by atoms with Crippen molar-refractivity contribution >= 4 is 0 Å². The Morgan fingerprint density at radius 1 is 1.18 bits per heavy atom. The third-order valence-electron chi connectivity index (χ3n) is 5.70. The van der Waals surface area contributed by atoms with Crippen molar-refractivity contribution in [1.82, 2.24) is 19.8 Å². The molecule has 2 saturated heterocycles. The number of nitrogens with one attached hydrogen (secondary N) is 1. The van der Waals surface area contributed by atoms with Gasteiger partial charge in [-0.15, -0.1) is 0 Å². The highest BCUT2D eigenvalue weighted by Crippen LogP contribution is 2.32. The number of fused-ring (bicyclic) bond motifs is 2. The molecule has 0 aromatic carbocycles. The summed E-state index contributed by atoms with van der Waals surface area (Å²) in [5, 5.41) is 0. The van der Waals surface area contributed by atoms with Gasteiger partial charge in [0.05, 0.1) is 11.3 Å². The molecule has 5 heteroatoms. The summed E-state index contributed by atoms with van der Waals surface area (Å²) in [6.45, 7) is 7.20. The Kier molecular flexibility index (Phi) is 3.78. The van der Waals surface area contributed by atoms with Crippen LogP contribution in [0.2, 0.25) is 0 Å². The summed E-state index contributed by atoms with van der Waals surface area (Å²) in [7, 11) is 0. The molecule has 3 aliphatic rings. The normalized spacial score (nSPS) is 29.3. The van der Waals surface area contributed by atoms with E-state index < -0.39 is 0 Å². The monoisotopic (exact) mass is 302 g/mol. The maximum absolute atomic E-state index is 12.1. The zero-order chi connectivity index (χ0) is 15.1. The molecule has 120 valence electrons. The molecule has 4 heterocycles. The smallest absolute Gasteiger partial charge is 0.255 e. The molecule has 0 spiro atoms. The van der Waals surface area contributed by atoms with Crippen LogP contribution in [0.3, 0.4) is 0 Å². The average Bonchev–Trinajstić information content (AvgIpc) is 2.90. The van der Waals surface area contributed by atoms with Gasteiger partial charge in [0, 0.05) is 25.7 Å². The van der Waals surface area contributed by atoms with Crippen molar-refractivity contribution in [3.8, 4) is 0 Å². The molecule has 5 nitrogen and oxygen atoms in total. The van der Waals surface area contributed by atoms with Crippen LogP contribution in [-0.4, -0.2) is 45.4 Å². The fourth-order valence-electron chi connectivity index (χ4n) is 4.70. The molecule has 2 atom stereocenters. The fourth-order valence-corrected chi connectivity index (χ4v) is 4.70. The second-order valence-corrected chi connectivity index (χ2v) is 7.25. The number of H-pyrrole nitrogens is 1. The van der Waals surface area contributed by atoms with Gasteiger partial charge in [-0.05, 0) is 51.6 Å². The van der Waals surface area contributed by atoms with Gasteiger partial charge >= 0.3 is 0 Å². The number of rotatable bonds is 2. The molecule has 0 bridgehead atoms. The van der Waals surface area contributed by atoms with E-state index in [4.69, 9.17) is 0 Å². The third kappa shape index (κ3) is 2.61. The van der Waals surface area contributed by atoms with Gasteiger partial charge in [-0.2, -0.15) is 0 Å². The minimum absolute atomic E-state index is 0.0629. The summed E-state index contributed by atoms with van der Waals surface area (Å²) < 4.78 is 0. The molecule has 22 heavy (non-hydrogen) atoms. The maximum Gasteiger partial charge on any atom is 0.255 e. The van der Waals surface area contributed by atoms with Gasteiger partial charge in [0.25, 0.3) is 5.56 Å². The molecular formula is C17H26N4O. The number of nitrogens with zero attached hydrogens (tertiary/aromatic N) is 3. The standard InChI is InChI=1S/C17H26N4O/c1-12-18-15-11-20(10-14(15)17(22)19-12)9-13-5-4-8-21-7-3-2-6-16(13)21/h13,16H,2-11H2,1H3,(H,18,19,22)/t13-,16+/m0/s1. The lowest BCUT2D eigenvalue weighted by atomic mass is 9.83. The topological polar surface area (TPSA) is 52.2 Å². The molecule has 2 fully saturated rings. The van der Waals surface area contributed by atoms with E-state index in [1.807, 2.05) is 6.92 Å². The maximum atomic E-state index is 12.1. The zero-order valence-corrected chi connectivity index (χ0v) is 13.5. The van der Waals surface area contributed by atoms with Crippen LogP contribution < -0.4 is 5.56 Å². The molecule has 1 aromatic rings. The quantitative estimate of drug-likeness (QED) is 0.903. The van der Waals surface area contributed by atoms with E-state index in [2.05, 4.69) is 19.8 Å². The average molecular weight is 302 g/mol. The first kappa shape index (κ1) is 14.4. The van der Waals surface area contributed by atoms with Crippen LogP contribution in [0.15, 0.2) is 4.79 Å². The highest BCUT2D eigenvalue weighted by atomic mass is 16.1. The van der Waals surface area contributed by atoms with Gasteiger partial charge in [-0.3, -0.25) is 9.69 Å². The Morgan fingerprint density at radius 2 is 2.05 bits per heavy atom. The van der Waals surface area contributed by atoms with Gasteiger partial charge in [0.2, 0.25) is 0 Å². The Bertz CT molecular complexity index is 609. The molecule has 0 aliphatic carbocycles. The largest absolute Gasteiger partial charge is 0.310 e. The van der Waals surface area contributed by atoms with Crippen molar-refractivity contribution in [2.45, 2.75) is 58.2 Å². The molecule has 0 unspecified atom stereocenters. The number of piperidine rings is 2. The minimum Gasteiger partial charge on any atom is -0.310 e. The summed E-state index contributed by atoms with van der Waals surface area (Å²) >= 11 is 0. The molecule has 0 saturated carbocycles. The Hall–Kier alpha value is -1.20. The summed E-state index contributed by atoms with van der Waals surface area (Å²) in [5.41, 5.74) is 1.95. The predicted octanol–water partition coefficient (Wildman–Crippen LogP) is 1.66. The fraction of sp³-hybridized carbons (Fsp3) is 0.765. The number of hydrogen-bond donors (Lipinski definition) is 1. The van der Waals surface area contributed by atoms with Crippen LogP contribution in [0, 0.1) is 12.8 Å². The number of aromatic amines is 1. The summed E-state index contributed by atoms with van der Waals surface area (Å²) in [6.07, 6.45) is 6.80. The van der Waals surface area contributed by atoms with Crippen LogP contribution in [-0.2, 0) is 13.1 Å². The molecule has 1 N–H and O–H groups in total.